The van der Waals surface area contributed by atoms with Crippen LogP contribution in [0.15, 0.2) is 63.9 Å². The molecule has 0 unspecified atom stereocenters. The van der Waals surface area contributed by atoms with E-state index in [9.17, 15) is 10.4 Å². The van der Waals surface area contributed by atoms with Crippen molar-refractivity contribution in [3.8, 4) is 11.9 Å². The van der Waals surface area contributed by atoms with Gasteiger partial charge in [0.25, 0.3) is 5.88 Å². The first-order chi connectivity index (χ1) is 13.0. The molecular formula is C17H10Cl2N6OS. The van der Waals surface area contributed by atoms with Gasteiger partial charge >= 0.3 is 0 Å². The van der Waals surface area contributed by atoms with E-state index in [4.69, 9.17) is 23.2 Å². The highest BCUT2D eigenvalue weighted by Gasteiger charge is 2.15. The Hall–Kier alpha value is -2.99. The number of nitriles is 1. The van der Waals surface area contributed by atoms with Crippen molar-refractivity contribution in [3.05, 3.63) is 63.6 Å². The summed E-state index contributed by atoms with van der Waals surface area (Å²) in [6, 6.07) is 15.5. The van der Waals surface area contributed by atoms with Gasteiger partial charge in [-0.3, -0.25) is 5.43 Å². The number of hydrazone groups is 1. The fourth-order valence-corrected chi connectivity index (χ4v) is 2.82. The average molecular weight is 417 g/mol. The highest BCUT2D eigenvalue weighted by Crippen LogP contribution is 2.34. The molecule has 1 heterocycles. The number of halogens is 2. The number of azo groups is 1. The Morgan fingerprint density at radius 1 is 1.04 bits per heavy atom. The number of hydrogen-bond acceptors (Lipinski definition) is 8. The maximum Gasteiger partial charge on any atom is 0.251 e. The van der Waals surface area contributed by atoms with E-state index in [-0.39, 0.29) is 21.6 Å². The molecule has 0 amide bonds. The summed E-state index contributed by atoms with van der Waals surface area (Å²) in [7, 11) is 0. The highest BCUT2D eigenvalue weighted by atomic mass is 35.5. The second-order valence-electron chi connectivity index (χ2n) is 5.02. The van der Waals surface area contributed by atoms with Crippen LogP contribution in [0.1, 0.15) is 5.01 Å². The Kier molecular flexibility index (Phi) is 5.98. The lowest BCUT2D eigenvalue weighted by Gasteiger charge is -2.00. The van der Waals surface area contributed by atoms with Gasteiger partial charge in [0.05, 0.1) is 11.4 Å². The highest BCUT2D eigenvalue weighted by molar-refractivity contribution is 7.17. The predicted molar refractivity (Wildman–Crippen MR) is 107 cm³/mol. The van der Waals surface area contributed by atoms with E-state index in [1.165, 1.54) is 0 Å². The van der Waals surface area contributed by atoms with E-state index in [1.807, 2.05) is 6.07 Å². The molecule has 2 aromatic carbocycles. The molecule has 134 valence electrons. The molecule has 0 spiro atoms. The molecule has 10 heteroatoms. The van der Waals surface area contributed by atoms with Crippen LogP contribution in [-0.4, -0.2) is 15.8 Å². The first-order valence-corrected chi connectivity index (χ1v) is 8.99. The summed E-state index contributed by atoms with van der Waals surface area (Å²) in [6.07, 6.45) is 0. The van der Waals surface area contributed by atoms with Crippen LogP contribution in [0.2, 0.25) is 10.0 Å². The summed E-state index contributed by atoms with van der Waals surface area (Å²) in [5, 5.41) is 32.8. The van der Waals surface area contributed by atoms with Crippen molar-refractivity contribution < 1.29 is 5.11 Å². The largest absolute Gasteiger partial charge is 0.491 e. The molecule has 1 aromatic heterocycles. The van der Waals surface area contributed by atoms with Gasteiger partial charge in [0.15, 0.2) is 10.7 Å². The molecular weight excluding hydrogens is 407 g/mol. The molecule has 3 rings (SSSR count). The molecule has 27 heavy (non-hydrogen) atoms. The number of aromatic nitrogens is 1. The SMILES string of the molecule is N#C/C(=N/Nc1ccc(Cl)cc1)c1nc(O)c(N=Nc2ccc(Cl)cc2)s1. The maximum atomic E-state index is 9.94. The van der Waals surface area contributed by atoms with Crippen molar-refractivity contribution in [3.63, 3.8) is 0 Å². The third-order valence-electron chi connectivity index (χ3n) is 3.12. The van der Waals surface area contributed by atoms with Crippen LogP contribution in [0, 0.1) is 11.3 Å². The third kappa shape index (κ3) is 5.01. The van der Waals surface area contributed by atoms with Gasteiger partial charge in [0.1, 0.15) is 6.07 Å². The Bertz CT molecular complexity index is 1040. The van der Waals surface area contributed by atoms with Crippen LogP contribution < -0.4 is 5.43 Å². The van der Waals surface area contributed by atoms with Crippen molar-refractivity contribution >= 4 is 56.6 Å². The molecule has 0 bridgehead atoms. The summed E-state index contributed by atoms with van der Waals surface area (Å²) in [5.41, 5.74) is 3.95. The molecule has 0 radical (unpaired) electrons. The topological polar surface area (TPSA) is 106 Å². The molecule has 0 saturated carbocycles. The average Bonchev–Trinajstić information content (AvgIpc) is 3.04. The van der Waals surface area contributed by atoms with E-state index in [1.54, 1.807) is 48.5 Å². The lowest BCUT2D eigenvalue weighted by molar-refractivity contribution is 0.458. The number of nitrogens with one attached hydrogen (secondary N) is 1. The zero-order valence-corrected chi connectivity index (χ0v) is 15.8. The Balaban J connectivity index is 1.78. The van der Waals surface area contributed by atoms with Gasteiger partial charge in [-0.2, -0.15) is 15.3 Å². The maximum absolute atomic E-state index is 9.94. The Morgan fingerprint density at radius 2 is 1.67 bits per heavy atom. The standard InChI is InChI=1S/C17H10Cl2N6OS/c18-10-1-5-12(6-2-10)22-24-14(9-20)16-21-15(26)17(27-16)25-23-13-7-3-11(19)4-8-13/h1-8,22,26H/b24-14-,25-23?. The van der Waals surface area contributed by atoms with Crippen LogP contribution in [0.3, 0.4) is 0 Å². The van der Waals surface area contributed by atoms with E-state index in [0.29, 0.717) is 21.4 Å². The van der Waals surface area contributed by atoms with Gasteiger partial charge in [-0.25, -0.2) is 0 Å². The minimum atomic E-state index is -0.331. The molecule has 0 saturated heterocycles. The van der Waals surface area contributed by atoms with E-state index in [2.05, 4.69) is 25.7 Å². The monoisotopic (exact) mass is 416 g/mol. The minimum Gasteiger partial charge on any atom is -0.491 e. The fourth-order valence-electron chi connectivity index (χ4n) is 1.85. The van der Waals surface area contributed by atoms with E-state index < -0.39 is 0 Å². The fraction of sp³-hybridized carbons (Fsp3) is 0. The van der Waals surface area contributed by atoms with Gasteiger partial charge in [0, 0.05) is 10.0 Å². The summed E-state index contributed by atoms with van der Waals surface area (Å²) in [5.74, 6) is -0.331. The summed E-state index contributed by atoms with van der Waals surface area (Å²) >= 11 is 12.6. The molecule has 0 aliphatic heterocycles. The Morgan fingerprint density at radius 3 is 2.30 bits per heavy atom. The molecule has 0 aliphatic carbocycles. The number of hydrogen-bond donors (Lipinski definition) is 2. The van der Waals surface area contributed by atoms with Crippen molar-refractivity contribution in [2.45, 2.75) is 0 Å². The smallest absolute Gasteiger partial charge is 0.251 e. The molecule has 2 N–H and O–H groups in total. The molecule has 0 atom stereocenters. The summed E-state index contributed by atoms with van der Waals surface area (Å²) in [4.78, 5) is 3.92. The van der Waals surface area contributed by atoms with Crippen molar-refractivity contribution in [1.82, 2.24) is 4.98 Å². The predicted octanol–water partition coefficient (Wildman–Crippen LogP) is 5.91. The van der Waals surface area contributed by atoms with E-state index >= 15 is 0 Å². The number of benzene rings is 2. The molecule has 3 aromatic rings. The van der Waals surface area contributed by atoms with Crippen LogP contribution in [-0.2, 0) is 0 Å². The Labute approximate surface area is 168 Å². The second kappa shape index (κ2) is 8.60. The van der Waals surface area contributed by atoms with Crippen LogP contribution in [0.25, 0.3) is 0 Å². The first kappa shape index (κ1) is 18.8. The molecule has 7 nitrogen and oxygen atoms in total. The van der Waals surface area contributed by atoms with E-state index in [0.717, 1.165) is 11.3 Å². The van der Waals surface area contributed by atoms with Gasteiger partial charge in [-0.15, -0.1) is 10.2 Å². The zero-order chi connectivity index (χ0) is 19.2. The van der Waals surface area contributed by atoms with Crippen LogP contribution >= 0.6 is 34.5 Å². The van der Waals surface area contributed by atoms with Crippen molar-refractivity contribution in [2.24, 2.45) is 15.3 Å². The number of thiazole rings is 1. The number of nitrogens with zero attached hydrogens (tertiary/aromatic N) is 5. The third-order valence-corrected chi connectivity index (χ3v) is 4.56. The van der Waals surface area contributed by atoms with Crippen LogP contribution in [0.4, 0.5) is 16.4 Å². The number of anilines is 1. The van der Waals surface area contributed by atoms with Crippen LogP contribution in [0.5, 0.6) is 5.88 Å². The van der Waals surface area contributed by atoms with Gasteiger partial charge in [0.2, 0.25) is 5.00 Å². The number of rotatable bonds is 5. The summed E-state index contributed by atoms with van der Waals surface area (Å²) < 4.78 is 0. The van der Waals surface area contributed by atoms with Gasteiger partial charge < -0.3 is 5.11 Å². The minimum absolute atomic E-state index is 0.00167. The summed E-state index contributed by atoms with van der Waals surface area (Å²) in [6.45, 7) is 0. The second-order valence-corrected chi connectivity index (χ2v) is 6.87. The van der Waals surface area contributed by atoms with Crippen molar-refractivity contribution in [2.75, 3.05) is 5.43 Å². The normalized spacial score (nSPS) is 11.5. The number of aromatic hydroxyl groups is 1. The van der Waals surface area contributed by atoms with Gasteiger partial charge in [-0.1, -0.05) is 34.5 Å². The quantitative estimate of drug-likeness (QED) is 0.306. The lowest BCUT2D eigenvalue weighted by Crippen LogP contribution is -2.01. The van der Waals surface area contributed by atoms with Gasteiger partial charge in [-0.05, 0) is 48.5 Å². The molecule has 0 aliphatic rings. The lowest BCUT2D eigenvalue weighted by atomic mass is 10.3. The van der Waals surface area contributed by atoms with Crippen molar-refractivity contribution in [1.29, 1.82) is 5.26 Å². The first-order valence-electron chi connectivity index (χ1n) is 7.42. The zero-order valence-electron chi connectivity index (χ0n) is 13.5. The molecule has 0 fully saturated rings.